The molecule has 0 aromatic heterocycles. The Morgan fingerprint density at radius 1 is 1.58 bits per heavy atom. The molecule has 0 rings (SSSR count). The summed E-state index contributed by atoms with van der Waals surface area (Å²) in [4.78, 5) is 20.9. The van der Waals surface area contributed by atoms with Crippen molar-refractivity contribution in [2.45, 2.75) is 25.8 Å². The van der Waals surface area contributed by atoms with Crippen molar-refractivity contribution in [3.05, 3.63) is 0 Å². The second kappa shape index (κ2) is 5.54. The van der Waals surface area contributed by atoms with Gasteiger partial charge in [-0.2, -0.15) is 0 Å². The molecule has 0 aromatic carbocycles. The van der Waals surface area contributed by atoms with Gasteiger partial charge in [-0.05, 0) is 6.42 Å². The van der Waals surface area contributed by atoms with Crippen molar-refractivity contribution in [1.82, 2.24) is 5.32 Å². The van der Waals surface area contributed by atoms with Crippen LogP contribution in [0.25, 0.3) is 0 Å². The first-order valence-electron chi connectivity index (χ1n) is 3.80. The topological polar surface area (TPSA) is 92.4 Å². The van der Waals surface area contributed by atoms with Crippen molar-refractivity contribution < 1.29 is 14.7 Å². The van der Waals surface area contributed by atoms with Crippen molar-refractivity contribution >= 4 is 11.9 Å². The number of carboxylic acids is 1. The predicted octanol–water partition coefficient (Wildman–Crippen LogP) is -0.685. The van der Waals surface area contributed by atoms with Crippen LogP contribution in [0.2, 0.25) is 0 Å². The van der Waals surface area contributed by atoms with Crippen molar-refractivity contribution in [2.24, 2.45) is 5.73 Å². The van der Waals surface area contributed by atoms with Crippen molar-refractivity contribution in [3.63, 3.8) is 0 Å². The molecular formula is C7H14N2O3. The van der Waals surface area contributed by atoms with Gasteiger partial charge in [0.15, 0.2) is 0 Å². The molecule has 5 nitrogen and oxygen atoms in total. The number of nitrogens with two attached hydrogens (primary N) is 1. The molecule has 0 bridgehead atoms. The van der Waals surface area contributed by atoms with E-state index in [-0.39, 0.29) is 24.9 Å². The fraction of sp³-hybridized carbons (Fsp3) is 0.714. The highest BCUT2D eigenvalue weighted by Crippen LogP contribution is 1.91. The molecule has 12 heavy (non-hydrogen) atoms. The number of carbonyl (C=O) groups is 2. The lowest BCUT2D eigenvalue weighted by Gasteiger charge is -2.07. The van der Waals surface area contributed by atoms with Crippen LogP contribution in [-0.2, 0) is 9.59 Å². The van der Waals surface area contributed by atoms with E-state index in [9.17, 15) is 9.59 Å². The minimum atomic E-state index is -1.05. The van der Waals surface area contributed by atoms with E-state index in [4.69, 9.17) is 10.8 Å². The lowest BCUT2D eigenvalue weighted by atomic mass is 10.1. The Morgan fingerprint density at radius 2 is 2.17 bits per heavy atom. The maximum Gasteiger partial charge on any atom is 0.322 e. The molecule has 0 saturated heterocycles. The van der Waals surface area contributed by atoms with Crippen molar-refractivity contribution in [3.8, 4) is 0 Å². The predicted molar refractivity (Wildman–Crippen MR) is 43.5 cm³/mol. The van der Waals surface area contributed by atoms with Crippen LogP contribution in [0, 0.1) is 0 Å². The van der Waals surface area contributed by atoms with E-state index < -0.39 is 5.97 Å². The van der Waals surface area contributed by atoms with Crippen LogP contribution in [-0.4, -0.2) is 29.6 Å². The highest BCUT2D eigenvalue weighted by Gasteiger charge is 2.07. The Morgan fingerprint density at radius 3 is 2.58 bits per heavy atom. The smallest absolute Gasteiger partial charge is 0.322 e. The summed E-state index contributed by atoms with van der Waals surface area (Å²) >= 11 is 0. The summed E-state index contributed by atoms with van der Waals surface area (Å²) in [6.45, 7) is 1.53. The number of carboxylic acid groups (broad SMARTS) is 1. The van der Waals surface area contributed by atoms with E-state index in [0.29, 0.717) is 6.42 Å². The van der Waals surface area contributed by atoms with E-state index in [1.54, 1.807) is 0 Å². The van der Waals surface area contributed by atoms with Gasteiger partial charge in [-0.15, -0.1) is 0 Å². The Balaban J connectivity index is 3.53. The largest absolute Gasteiger partial charge is 0.480 e. The summed E-state index contributed by atoms with van der Waals surface area (Å²) in [6.07, 6.45) is 0.893. The molecule has 0 fully saturated rings. The number of aliphatic carboxylic acids is 1. The fourth-order valence-electron chi connectivity index (χ4n) is 0.629. The first-order chi connectivity index (χ1) is 5.56. The molecular weight excluding hydrogens is 160 g/mol. The summed E-state index contributed by atoms with van der Waals surface area (Å²) in [5, 5.41) is 10.4. The number of rotatable bonds is 5. The van der Waals surface area contributed by atoms with E-state index in [1.165, 1.54) is 0 Å². The molecule has 4 N–H and O–H groups in total. The number of amides is 1. The van der Waals surface area contributed by atoms with Gasteiger partial charge >= 0.3 is 5.97 Å². The quantitative estimate of drug-likeness (QED) is 0.514. The first kappa shape index (κ1) is 10.9. The highest BCUT2D eigenvalue weighted by molar-refractivity contribution is 5.81. The lowest BCUT2D eigenvalue weighted by molar-refractivity contribution is -0.138. The second-order valence-corrected chi connectivity index (χ2v) is 2.54. The van der Waals surface area contributed by atoms with Crippen LogP contribution in [0.15, 0.2) is 0 Å². The van der Waals surface area contributed by atoms with Gasteiger partial charge in [0.25, 0.3) is 0 Å². The van der Waals surface area contributed by atoms with Gasteiger partial charge in [-0.25, -0.2) is 0 Å². The van der Waals surface area contributed by atoms with Gasteiger partial charge in [0, 0.05) is 12.5 Å². The standard InChI is InChI=1S/C7H14N2O3/c1-2-5(8)3-6(10)9-4-7(11)12/h5H,2-4,8H2,1H3,(H,9,10)(H,11,12). The third-order valence-corrected chi connectivity index (χ3v) is 1.41. The zero-order chi connectivity index (χ0) is 9.56. The third kappa shape index (κ3) is 5.67. The Hall–Kier alpha value is -1.10. The monoisotopic (exact) mass is 174 g/mol. The molecule has 5 heteroatoms. The molecule has 0 aliphatic carbocycles. The van der Waals surface area contributed by atoms with E-state index in [0.717, 1.165) is 0 Å². The summed E-state index contributed by atoms with van der Waals surface area (Å²) in [5.74, 6) is -1.36. The van der Waals surface area contributed by atoms with Crippen LogP contribution in [0.3, 0.4) is 0 Å². The molecule has 0 spiro atoms. The average Bonchev–Trinajstić information content (AvgIpc) is 2.00. The maximum absolute atomic E-state index is 10.9. The molecule has 1 amide bonds. The minimum Gasteiger partial charge on any atom is -0.480 e. The van der Waals surface area contributed by atoms with Crippen LogP contribution < -0.4 is 11.1 Å². The Bertz CT molecular complexity index is 170. The van der Waals surface area contributed by atoms with Gasteiger partial charge in [0.1, 0.15) is 6.54 Å². The minimum absolute atomic E-state index is 0.182. The summed E-state index contributed by atoms with van der Waals surface area (Å²) in [5.41, 5.74) is 5.47. The SMILES string of the molecule is CCC(N)CC(=O)NCC(=O)O. The lowest BCUT2D eigenvalue weighted by Crippen LogP contribution is -2.34. The number of hydrogen-bond acceptors (Lipinski definition) is 3. The van der Waals surface area contributed by atoms with Crippen LogP contribution in [0.1, 0.15) is 19.8 Å². The second-order valence-electron chi connectivity index (χ2n) is 2.54. The van der Waals surface area contributed by atoms with Gasteiger partial charge in [-0.3, -0.25) is 9.59 Å². The Kier molecular flexibility index (Phi) is 5.03. The van der Waals surface area contributed by atoms with Gasteiger partial charge in [0.2, 0.25) is 5.91 Å². The maximum atomic E-state index is 10.9. The van der Waals surface area contributed by atoms with E-state index in [1.807, 2.05) is 6.92 Å². The molecule has 0 aromatic rings. The zero-order valence-electron chi connectivity index (χ0n) is 7.04. The van der Waals surface area contributed by atoms with Gasteiger partial charge in [-0.1, -0.05) is 6.92 Å². The molecule has 1 atom stereocenters. The summed E-state index contributed by atoms with van der Waals surface area (Å²) in [7, 11) is 0. The molecule has 70 valence electrons. The van der Waals surface area contributed by atoms with Crippen LogP contribution >= 0.6 is 0 Å². The van der Waals surface area contributed by atoms with E-state index in [2.05, 4.69) is 5.32 Å². The fourth-order valence-corrected chi connectivity index (χ4v) is 0.629. The number of carbonyl (C=O) groups excluding carboxylic acids is 1. The molecule has 0 heterocycles. The summed E-state index contributed by atoms with van der Waals surface area (Å²) in [6, 6.07) is -0.182. The van der Waals surface area contributed by atoms with Gasteiger partial charge in [0.05, 0.1) is 0 Å². The van der Waals surface area contributed by atoms with E-state index >= 15 is 0 Å². The van der Waals surface area contributed by atoms with Gasteiger partial charge < -0.3 is 16.2 Å². The number of nitrogens with one attached hydrogen (secondary N) is 1. The molecule has 0 aliphatic heterocycles. The molecule has 0 saturated carbocycles. The van der Waals surface area contributed by atoms with Crippen molar-refractivity contribution in [1.29, 1.82) is 0 Å². The number of hydrogen-bond donors (Lipinski definition) is 3. The molecule has 1 unspecified atom stereocenters. The van der Waals surface area contributed by atoms with Crippen molar-refractivity contribution in [2.75, 3.05) is 6.54 Å². The van der Waals surface area contributed by atoms with Crippen LogP contribution in [0.4, 0.5) is 0 Å². The summed E-state index contributed by atoms with van der Waals surface area (Å²) < 4.78 is 0. The highest BCUT2D eigenvalue weighted by atomic mass is 16.4. The molecule has 0 aliphatic rings. The first-order valence-corrected chi connectivity index (χ1v) is 3.80. The van der Waals surface area contributed by atoms with Crippen LogP contribution in [0.5, 0.6) is 0 Å². The zero-order valence-corrected chi connectivity index (χ0v) is 7.04. The Labute approximate surface area is 70.9 Å². The average molecular weight is 174 g/mol. The third-order valence-electron chi connectivity index (χ3n) is 1.41. The normalized spacial score (nSPS) is 12.2. The molecule has 0 radical (unpaired) electrons.